The Hall–Kier alpha value is -0.990. The van der Waals surface area contributed by atoms with E-state index in [9.17, 15) is 31.1 Å². The number of amides is 1. The van der Waals surface area contributed by atoms with Gasteiger partial charge in [-0.2, -0.15) is 26.3 Å². The highest BCUT2D eigenvalue weighted by Crippen LogP contribution is 2.21. The number of carbonyl (C=O) groups is 1. The zero-order valence-corrected chi connectivity index (χ0v) is 8.87. The van der Waals surface area contributed by atoms with Gasteiger partial charge < -0.3 is 10.6 Å². The number of rotatable bonds is 5. The Labute approximate surface area is 93.5 Å². The van der Waals surface area contributed by atoms with Gasteiger partial charge in [-0.05, 0) is 6.92 Å². The van der Waals surface area contributed by atoms with Gasteiger partial charge in [-0.25, -0.2) is 0 Å². The number of carbonyl (C=O) groups excluding carboxylic acids is 1. The summed E-state index contributed by atoms with van der Waals surface area (Å²) >= 11 is 0. The lowest BCUT2D eigenvalue weighted by molar-refractivity contribution is -0.141. The predicted octanol–water partition coefficient (Wildman–Crippen LogP) is 1.60. The van der Waals surface area contributed by atoms with Crippen LogP contribution in [0.5, 0.6) is 0 Å². The van der Waals surface area contributed by atoms with Crippen LogP contribution in [0, 0.1) is 0 Å². The summed E-state index contributed by atoms with van der Waals surface area (Å²) < 4.78 is 70.5. The second kappa shape index (κ2) is 6.08. The molecule has 0 fully saturated rings. The van der Waals surface area contributed by atoms with Crippen molar-refractivity contribution in [2.45, 2.75) is 31.7 Å². The van der Waals surface area contributed by atoms with Crippen LogP contribution in [0.15, 0.2) is 0 Å². The van der Waals surface area contributed by atoms with Crippen molar-refractivity contribution < 1.29 is 31.1 Å². The first kappa shape index (κ1) is 16.0. The number of alkyl halides is 6. The molecule has 0 spiro atoms. The molecule has 3 nitrogen and oxygen atoms in total. The van der Waals surface area contributed by atoms with Gasteiger partial charge >= 0.3 is 12.4 Å². The van der Waals surface area contributed by atoms with Crippen molar-refractivity contribution in [2.24, 2.45) is 0 Å². The summed E-state index contributed by atoms with van der Waals surface area (Å²) in [5.74, 6) is -0.911. The predicted molar refractivity (Wildman–Crippen MR) is 47.2 cm³/mol. The van der Waals surface area contributed by atoms with Crippen molar-refractivity contribution in [1.82, 2.24) is 10.6 Å². The molecular formula is C8H12F6N2O. The standard InChI is InChI=1S/C8H12F6N2O/c1-5(2-7(9,10)11)16-6(17)3-15-4-8(12,13)14/h5,15H,2-4H2,1H3,(H,16,17). The Kier molecular flexibility index (Phi) is 5.73. The third-order valence-corrected chi connectivity index (χ3v) is 1.56. The van der Waals surface area contributed by atoms with Gasteiger partial charge in [0.15, 0.2) is 0 Å². The van der Waals surface area contributed by atoms with Crippen molar-refractivity contribution in [3.05, 3.63) is 0 Å². The summed E-state index contributed by atoms with van der Waals surface area (Å²) in [6.45, 7) is -0.926. The molecule has 0 aliphatic heterocycles. The Morgan fingerprint density at radius 2 is 1.65 bits per heavy atom. The van der Waals surface area contributed by atoms with Crippen LogP contribution in [-0.4, -0.2) is 37.4 Å². The Morgan fingerprint density at radius 1 is 1.12 bits per heavy atom. The topological polar surface area (TPSA) is 41.1 Å². The summed E-state index contributed by atoms with van der Waals surface area (Å²) in [7, 11) is 0. The van der Waals surface area contributed by atoms with E-state index in [1.54, 1.807) is 5.32 Å². The molecule has 0 saturated heterocycles. The van der Waals surface area contributed by atoms with E-state index in [0.717, 1.165) is 6.92 Å². The molecular weight excluding hydrogens is 254 g/mol. The first-order chi connectivity index (χ1) is 7.49. The molecule has 0 aromatic heterocycles. The Morgan fingerprint density at radius 3 is 2.06 bits per heavy atom. The van der Waals surface area contributed by atoms with E-state index in [-0.39, 0.29) is 0 Å². The number of hydrogen-bond donors (Lipinski definition) is 2. The largest absolute Gasteiger partial charge is 0.401 e. The zero-order valence-electron chi connectivity index (χ0n) is 8.87. The van der Waals surface area contributed by atoms with Crippen LogP contribution in [0.2, 0.25) is 0 Å². The summed E-state index contributed by atoms with van der Waals surface area (Å²) in [6.07, 6.45) is -10.1. The average Bonchev–Trinajstić information content (AvgIpc) is 1.96. The quantitative estimate of drug-likeness (QED) is 0.742. The minimum atomic E-state index is -4.46. The van der Waals surface area contributed by atoms with Crippen LogP contribution in [0.1, 0.15) is 13.3 Å². The smallest absolute Gasteiger partial charge is 0.352 e. The molecule has 0 saturated carbocycles. The van der Waals surface area contributed by atoms with Crippen LogP contribution in [0.25, 0.3) is 0 Å². The molecule has 0 radical (unpaired) electrons. The van der Waals surface area contributed by atoms with Gasteiger partial charge in [0.1, 0.15) is 0 Å². The summed E-state index contributed by atoms with van der Waals surface area (Å²) in [6, 6.07) is -1.17. The third-order valence-electron chi connectivity index (χ3n) is 1.56. The van der Waals surface area contributed by atoms with Crippen molar-refractivity contribution >= 4 is 5.91 Å². The van der Waals surface area contributed by atoms with Gasteiger partial charge in [-0.15, -0.1) is 0 Å². The van der Waals surface area contributed by atoms with Gasteiger partial charge in [0.25, 0.3) is 0 Å². The highest BCUT2D eigenvalue weighted by atomic mass is 19.4. The zero-order chi connectivity index (χ0) is 13.7. The van der Waals surface area contributed by atoms with E-state index in [0.29, 0.717) is 0 Å². The van der Waals surface area contributed by atoms with E-state index in [1.165, 1.54) is 0 Å². The van der Waals surface area contributed by atoms with Gasteiger partial charge in [0.05, 0.1) is 19.5 Å². The van der Waals surface area contributed by atoms with Crippen LogP contribution < -0.4 is 10.6 Å². The molecule has 17 heavy (non-hydrogen) atoms. The fraction of sp³-hybridized carbons (Fsp3) is 0.875. The third kappa shape index (κ3) is 11.3. The molecule has 0 aliphatic rings. The molecule has 9 heteroatoms. The fourth-order valence-corrected chi connectivity index (χ4v) is 1.04. The first-order valence-electron chi connectivity index (χ1n) is 4.63. The fourth-order valence-electron chi connectivity index (χ4n) is 1.04. The minimum absolute atomic E-state index is 0.679. The monoisotopic (exact) mass is 266 g/mol. The van der Waals surface area contributed by atoms with Gasteiger partial charge in [-0.1, -0.05) is 0 Å². The molecule has 0 aromatic carbocycles. The lowest BCUT2D eigenvalue weighted by atomic mass is 10.2. The van der Waals surface area contributed by atoms with Gasteiger partial charge in [0.2, 0.25) is 5.91 Å². The second-order valence-electron chi connectivity index (χ2n) is 3.51. The molecule has 2 N–H and O–H groups in total. The Balaban J connectivity index is 3.80. The second-order valence-corrected chi connectivity index (χ2v) is 3.51. The molecule has 1 amide bonds. The molecule has 0 heterocycles. The van der Waals surface area contributed by atoms with Gasteiger partial charge in [0, 0.05) is 6.04 Å². The lowest BCUT2D eigenvalue weighted by Crippen LogP contribution is -2.42. The molecule has 102 valence electrons. The SMILES string of the molecule is CC(CC(F)(F)F)NC(=O)CNCC(F)(F)F. The van der Waals surface area contributed by atoms with E-state index < -0.39 is 43.8 Å². The van der Waals surface area contributed by atoms with Crippen LogP contribution in [-0.2, 0) is 4.79 Å². The molecule has 1 unspecified atom stereocenters. The van der Waals surface area contributed by atoms with E-state index in [2.05, 4.69) is 0 Å². The van der Waals surface area contributed by atoms with Gasteiger partial charge in [-0.3, -0.25) is 4.79 Å². The maximum absolute atomic E-state index is 11.8. The maximum Gasteiger partial charge on any atom is 0.401 e. The van der Waals surface area contributed by atoms with Crippen molar-refractivity contribution in [3.63, 3.8) is 0 Å². The van der Waals surface area contributed by atoms with Crippen LogP contribution >= 0.6 is 0 Å². The summed E-state index contributed by atoms with van der Waals surface area (Å²) in [4.78, 5) is 10.9. The molecule has 0 aliphatic carbocycles. The highest BCUT2D eigenvalue weighted by molar-refractivity contribution is 5.78. The number of halogens is 6. The number of nitrogens with one attached hydrogen (secondary N) is 2. The molecule has 0 bridgehead atoms. The Bertz CT molecular complexity index is 249. The molecule has 0 aromatic rings. The maximum atomic E-state index is 11.8. The summed E-state index contributed by atoms with van der Waals surface area (Å²) in [5, 5.41) is 3.71. The van der Waals surface area contributed by atoms with Crippen molar-refractivity contribution in [1.29, 1.82) is 0 Å². The summed E-state index contributed by atoms with van der Waals surface area (Å²) in [5.41, 5.74) is 0. The normalized spacial score (nSPS) is 14.5. The van der Waals surface area contributed by atoms with Crippen LogP contribution in [0.4, 0.5) is 26.3 Å². The molecule has 0 rings (SSSR count). The van der Waals surface area contributed by atoms with Crippen molar-refractivity contribution in [3.8, 4) is 0 Å². The molecule has 1 atom stereocenters. The first-order valence-corrected chi connectivity index (χ1v) is 4.63. The minimum Gasteiger partial charge on any atom is -0.352 e. The van der Waals surface area contributed by atoms with Crippen LogP contribution in [0.3, 0.4) is 0 Å². The van der Waals surface area contributed by atoms with E-state index in [1.807, 2.05) is 5.32 Å². The average molecular weight is 266 g/mol. The lowest BCUT2D eigenvalue weighted by Gasteiger charge is -2.16. The number of hydrogen-bond acceptors (Lipinski definition) is 2. The van der Waals surface area contributed by atoms with E-state index in [4.69, 9.17) is 0 Å². The van der Waals surface area contributed by atoms with E-state index >= 15 is 0 Å². The van der Waals surface area contributed by atoms with Crippen molar-refractivity contribution in [2.75, 3.05) is 13.1 Å². The highest BCUT2D eigenvalue weighted by Gasteiger charge is 2.31.